The van der Waals surface area contributed by atoms with Gasteiger partial charge in [0, 0.05) is 24.0 Å². The van der Waals surface area contributed by atoms with Crippen LogP contribution in [0, 0.1) is 5.92 Å². The second-order valence-electron chi connectivity index (χ2n) is 7.12. The Morgan fingerprint density at radius 2 is 1.70 bits per heavy atom. The van der Waals surface area contributed by atoms with Crippen LogP contribution in [-0.4, -0.2) is 38.0 Å². The van der Waals surface area contributed by atoms with Crippen molar-refractivity contribution < 1.29 is 24.6 Å². The number of hydrogen-bond donors (Lipinski definition) is 4. The van der Waals surface area contributed by atoms with Crippen molar-refractivity contribution in [3.63, 3.8) is 0 Å². The number of rotatable bonds is 7. The number of aromatic nitrogens is 2. The zero-order chi connectivity index (χ0) is 21.8. The van der Waals surface area contributed by atoms with Crippen LogP contribution in [-0.2, 0) is 20.8 Å². The summed E-state index contributed by atoms with van der Waals surface area (Å²) in [5.74, 6) is -1.91. The molecule has 1 aromatic carbocycles. The third-order valence-corrected chi connectivity index (χ3v) is 4.87. The van der Waals surface area contributed by atoms with Gasteiger partial charge in [0.05, 0.1) is 18.8 Å². The quantitative estimate of drug-likeness (QED) is 0.516. The fourth-order valence-electron chi connectivity index (χ4n) is 3.52. The van der Waals surface area contributed by atoms with Gasteiger partial charge in [-0.15, -0.1) is 0 Å². The van der Waals surface area contributed by atoms with Crippen molar-refractivity contribution in [2.24, 2.45) is 5.92 Å². The molecular formula is C22H27N3O5. The Kier molecular flexibility index (Phi) is 9.30. The molecule has 0 radical (unpaired) electrons. The maximum atomic E-state index is 12.4. The Morgan fingerprint density at radius 1 is 1.07 bits per heavy atom. The van der Waals surface area contributed by atoms with Crippen LogP contribution < -0.4 is 5.32 Å². The first-order valence-electron chi connectivity index (χ1n) is 9.91. The summed E-state index contributed by atoms with van der Waals surface area (Å²) in [5, 5.41) is 18.9. The van der Waals surface area contributed by atoms with Crippen molar-refractivity contribution >= 4 is 17.8 Å². The Hall–Kier alpha value is -3.42. The summed E-state index contributed by atoms with van der Waals surface area (Å²) in [6, 6.07) is 10.5. The van der Waals surface area contributed by atoms with E-state index in [-0.39, 0.29) is 11.9 Å². The fraction of sp³-hybridized carbons (Fsp3) is 0.364. The van der Waals surface area contributed by atoms with Crippen LogP contribution in [0.4, 0.5) is 0 Å². The van der Waals surface area contributed by atoms with Crippen LogP contribution in [0.3, 0.4) is 0 Å². The number of imidazole rings is 1. The molecule has 1 aromatic heterocycles. The van der Waals surface area contributed by atoms with Gasteiger partial charge in [-0.05, 0) is 24.3 Å². The molecule has 1 aliphatic carbocycles. The van der Waals surface area contributed by atoms with Gasteiger partial charge < -0.3 is 20.5 Å². The van der Waals surface area contributed by atoms with E-state index >= 15 is 0 Å². The van der Waals surface area contributed by atoms with E-state index in [1.807, 2.05) is 18.2 Å². The van der Waals surface area contributed by atoms with Gasteiger partial charge in [-0.25, -0.2) is 14.6 Å². The molecule has 1 unspecified atom stereocenters. The third-order valence-electron chi connectivity index (χ3n) is 4.87. The molecule has 160 valence electrons. The predicted molar refractivity (Wildman–Crippen MR) is 111 cm³/mol. The summed E-state index contributed by atoms with van der Waals surface area (Å²) in [6.45, 7) is 0. The second kappa shape index (κ2) is 12.2. The molecule has 1 saturated carbocycles. The lowest BCUT2D eigenvalue weighted by Gasteiger charge is -2.31. The standard InChI is InChI=1S/C18H23N3O.C4H4O4/c22-17(11-16-12-19-13-20-16)21-18(14-7-3-1-4-8-14)15-9-5-2-6-10-15;5-3(6)1-2-4(7)8/h1,3-4,7-8,12-13,15,18H,2,5-6,9-11H2,(H,19,20)(H,21,22);1-2H,(H,5,6)(H,7,8)/b;2-1-. The normalized spacial score (nSPS) is 15.1. The number of aliphatic carboxylic acids is 2. The number of amides is 1. The summed E-state index contributed by atoms with van der Waals surface area (Å²) in [6.07, 6.45) is 11.0. The van der Waals surface area contributed by atoms with E-state index in [1.165, 1.54) is 37.7 Å². The molecule has 8 nitrogen and oxygen atoms in total. The van der Waals surface area contributed by atoms with E-state index in [9.17, 15) is 14.4 Å². The third kappa shape index (κ3) is 8.30. The van der Waals surface area contributed by atoms with Gasteiger partial charge in [0.25, 0.3) is 0 Å². The van der Waals surface area contributed by atoms with E-state index in [0.717, 1.165) is 5.69 Å². The average molecular weight is 413 g/mol. The van der Waals surface area contributed by atoms with Crippen LogP contribution in [0.1, 0.15) is 49.4 Å². The molecule has 0 spiro atoms. The van der Waals surface area contributed by atoms with Gasteiger partial charge in [-0.2, -0.15) is 0 Å². The molecule has 1 aliphatic rings. The summed E-state index contributed by atoms with van der Waals surface area (Å²) in [5.41, 5.74) is 2.07. The van der Waals surface area contributed by atoms with Crippen LogP contribution >= 0.6 is 0 Å². The van der Waals surface area contributed by atoms with Gasteiger partial charge in [-0.3, -0.25) is 4.79 Å². The van der Waals surface area contributed by atoms with E-state index in [0.29, 0.717) is 24.5 Å². The molecule has 30 heavy (non-hydrogen) atoms. The summed E-state index contributed by atoms with van der Waals surface area (Å²) >= 11 is 0. The molecule has 0 aliphatic heterocycles. The van der Waals surface area contributed by atoms with E-state index in [2.05, 4.69) is 27.4 Å². The first-order valence-corrected chi connectivity index (χ1v) is 9.91. The predicted octanol–water partition coefficient (Wildman–Crippen LogP) is 3.10. The van der Waals surface area contributed by atoms with Crippen molar-refractivity contribution in [1.29, 1.82) is 0 Å². The number of carbonyl (C=O) groups is 3. The highest BCUT2D eigenvalue weighted by Crippen LogP contribution is 2.34. The lowest BCUT2D eigenvalue weighted by Crippen LogP contribution is -2.35. The molecule has 1 amide bonds. The molecule has 4 N–H and O–H groups in total. The number of carboxylic acids is 2. The van der Waals surface area contributed by atoms with Crippen molar-refractivity contribution in [2.45, 2.75) is 44.6 Å². The monoisotopic (exact) mass is 413 g/mol. The second-order valence-corrected chi connectivity index (χ2v) is 7.12. The number of nitrogens with zero attached hydrogens (tertiary/aromatic N) is 1. The zero-order valence-corrected chi connectivity index (χ0v) is 16.7. The fourth-order valence-corrected chi connectivity index (χ4v) is 3.52. The highest BCUT2D eigenvalue weighted by atomic mass is 16.4. The van der Waals surface area contributed by atoms with Gasteiger partial charge in [0.1, 0.15) is 0 Å². The van der Waals surface area contributed by atoms with Gasteiger partial charge in [0.15, 0.2) is 0 Å². The number of hydrogen-bond acceptors (Lipinski definition) is 4. The Bertz CT molecular complexity index is 812. The van der Waals surface area contributed by atoms with E-state index < -0.39 is 11.9 Å². The number of benzene rings is 1. The van der Waals surface area contributed by atoms with Crippen LogP contribution in [0.25, 0.3) is 0 Å². The Balaban J connectivity index is 0.000000343. The summed E-state index contributed by atoms with van der Waals surface area (Å²) < 4.78 is 0. The van der Waals surface area contributed by atoms with E-state index in [1.54, 1.807) is 12.5 Å². The molecule has 8 heteroatoms. The molecular weight excluding hydrogens is 386 g/mol. The number of H-pyrrole nitrogens is 1. The molecule has 0 saturated heterocycles. The molecule has 1 heterocycles. The Labute approximate surface area is 175 Å². The minimum atomic E-state index is -1.26. The van der Waals surface area contributed by atoms with Crippen LogP contribution in [0.15, 0.2) is 55.0 Å². The molecule has 1 fully saturated rings. The summed E-state index contributed by atoms with van der Waals surface area (Å²) in [7, 11) is 0. The maximum absolute atomic E-state index is 12.4. The zero-order valence-electron chi connectivity index (χ0n) is 16.7. The van der Waals surface area contributed by atoms with Gasteiger partial charge >= 0.3 is 11.9 Å². The minimum absolute atomic E-state index is 0.0590. The summed E-state index contributed by atoms with van der Waals surface area (Å²) in [4.78, 5) is 38.4. The number of nitrogens with one attached hydrogen (secondary N) is 2. The van der Waals surface area contributed by atoms with Crippen molar-refractivity contribution in [2.75, 3.05) is 0 Å². The number of carbonyl (C=O) groups excluding carboxylic acids is 1. The highest BCUT2D eigenvalue weighted by Gasteiger charge is 2.26. The molecule has 3 rings (SSSR count). The van der Waals surface area contributed by atoms with Crippen LogP contribution in [0.2, 0.25) is 0 Å². The van der Waals surface area contributed by atoms with Crippen molar-refractivity contribution in [3.8, 4) is 0 Å². The molecule has 2 aromatic rings. The average Bonchev–Trinajstić information content (AvgIpc) is 3.25. The van der Waals surface area contributed by atoms with E-state index in [4.69, 9.17) is 10.2 Å². The van der Waals surface area contributed by atoms with Gasteiger partial charge in [-0.1, -0.05) is 49.6 Å². The molecule has 1 atom stereocenters. The molecule has 0 bridgehead atoms. The Morgan fingerprint density at radius 3 is 2.23 bits per heavy atom. The maximum Gasteiger partial charge on any atom is 0.328 e. The smallest absolute Gasteiger partial charge is 0.328 e. The lowest BCUT2D eigenvalue weighted by molar-refractivity contribution is -0.134. The first-order chi connectivity index (χ1) is 14.5. The SMILES string of the molecule is O=C(Cc1cnc[nH]1)NC(c1ccccc1)C1CCCCC1.O=C(O)/C=C\C(=O)O. The number of carboxylic acid groups (broad SMARTS) is 2. The van der Waals surface area contributed by atoms with Crippen LogP contribution in [0.5, 0.6) is 0 Å². The lowest BCUT2D eigenvalue weighted by atomic mass is 9.81. The highest BCUT2D eigenvalue weighted by molar-refractivity contribution is 5.89. The van der Waals surface area contributed by atoms with Crippen molar-refractivity contribution in [3.05, 3.63) is 66.3 Å². The largest absolute Gasteiger partial charge is 0.478 e. The number of aromatic amines is 1. The van der Waals surface area contributed by atoms with Crippen molar-refractivity contribution in [1.82, 2.24) is 15.3 Å². The van der Waals surface area contributed by atoms with Gasteiger partial charge in [0.2, 0.25) is 5.91 Å². The minimum Gasteiger partial charge on any atom is -0.478 e. The topological polar surface area (TPSA) is 132 Å². The first kappa shape index (κ1) is 22.9.